The zero-order valence-electron chi connectivity index (χ0n) is 70.5. The molecule has 612 valence electrons. The molecular weight excluding hydrogens is 1270 g/mol. The molecule has 0 aliphatic heterocycles. The second-order valence-electron chi connectivity index (χ2n) is 33.7. The summed E-state index contributed by atoms with van der Waals surface area (Å²) in [6.45, 7) is 4.99. The Morgan fingerprint density at radius 2 is 0.495 bits per heavy atom. The number of carbonyl (C=O) groups is 3. The standard InChI is InChI=1S/C94H183NO8/c1-6-8-10-12-14-16-18-20-22-24-26-28-30-32-34-36-38-40-42-44-46-48-50-52-54-56-58-60-62-64-66-68-70-72-74-76-78-80-82-84-91(96)101-88-90(89-102-94(93(98)99)100-87-86-95(3,4)5)103-92(97)85-83-81-79-77-75-73-71-69-67-65-63-61-59-57-55-53-51-49-47-45-43-41-39-37-35-33-31-29-27-25-23-21-19-17-15-13-11-9-7-2/h25,27,90,94H,6-24,26,28-89H2,1-5H3/p+1/b27-25-. The Kier molecular flexibility index (Phi) is 84.0. The number of nitrogens with zero attached hydrogens (tertiary/aromatic N) is 1. The third kappa shape index (κ3) is 87.1. The Morgan fingerprint density at radius 3 is 0.718 bits per heavy atom. The number of carbonyl (C=O) groups excluding carboxylic acids is 2. The van der Waals surface area contributed by atoms with E-state index < -0.39 is 18.4 Å². The topological polar surface area (TPSA) is 108 Å². The van der Waals surface area contributed by atoms with Gasteiger partial charge < -0.3 is 28.5 Å². The Labute approximate surface area is 644 Å². The molecule has 0 aromatic heterocycles. The van der Waals surface area contributed by atoms with Crippen molar-refractivity contribution in [2.45, 2.75) is 527 Å². The van der Waals surface area contributed by atoms with Crippen LogP contribution in [0.3, 0.4) is 0 Å². The number of esters is 2. The van der Waals surface area contributed by atoms with Gasteiger partial charge in [0.2, 0.25) is 0 Å². The first-order chi connectivity index (χ1) is 50.6. The van der Waals surface area contributed by atoms with Gasteiger partial charge in [-0.25, -0.2) is 4.79 Å². The number of carboxylic acid groups (broad SMARTS) is 1. The molecule has 0 amide bonds. The zero-order chi connectivity index (χ0) is 74.6. The summed E-state index contributed by atoms with van der Waals surface area (Å²) >= 11 is 0. The van der Waals surface area contributed by atoms with E-state index in [4.69, 9.17) is 18.9 Å². The van der Waals surface area contributed by atoms with E-state index in [9.17, 15) is 19.5 Å². The first kappa shape index (κ1) is 101. The van der Waals surface area contributed by atoms with E-state index in [1.165, 1.54) is 449 Å². The molecule has 2 atom stereocenters. The number of ether oxygens (including phenoxy) is 4. The van der Waals surface area contributed by atoms with E-state index in [1.807, 2.05) is 21.1 Å². The van der Waals surface area contributed by atoms with Gasteiger partial charge in [-0.15, -0.1) is 0 Å². The fraction of sp³-hybridized carbons (Fsp3) is 0.947. The second kappa shape index (κ2) is 85.6. The van der Waals surface area contributed by atoms with Crippen molar-refractivity contribution in [2.75, 3.05) is 47.5 Å². The fourth-order valence-electron chi connectivity index (χ4n) is 14.9. The summed E-state index contributed by atoms with van der Waals surface area (Å²) in [4.78, 5) is 37.8. The highest BCUT2D eigenvalue weighted by molar-refractivity contribution is 5.71. The summed E-state index contributed by atoms with van der Waals surface area (Å²) in [5.41, 5.74) is 0. The fourth-order valence-corrected chi connectivity index (χ4v) is 14.9. The summed E-state index contributed by atoms with van der Waals surface area (Å²) in [6, 6.07) is 0. The third-order valence-corrected chi connectivity index (χ3v) is 22.0. The van der Waals surface area contributed by atoms with Crippen molar-refractivity contribution in [3.05, 3.63) is 12.2 Å². The Hall–Kier alpha value is -1.97. The Balaban J connectivity index is 3.85. The molecule has 0 aliphatic carbocycles. The highest BCUT2D eigenvalue weighted by atomic mass is 16.7. The van der Waals surface area contributed by atoms with Crippen LogP contribution < -0.4 is 0 Å². The lowest BCUT2D eigenvalue weighted by Crippen LogP contribution is -2.40. The summed E-state index contributed by atoms with van der Waals surface area (Å²) < 4.78 is 23.1. The van der Waals surface area contributed by atoms with Crippen molar-refractivity contribution in [3.8, 4) is 0 Å². The van der Waals surface area contributed by atoms with Gasteiger partial charge in [-0.3, -0.25) is 9.59 Å². The number of hydrogen-bond acceptors (Lipinski definition) is 7. The molecule has 9 nitrogen and oxygen atoms in total. The molecule has 0 fully saturated rings. The van der Waals surface area contributed by atoms with Crippen LogP contribution >= 0.6 is 0 Å². The van der Waals surface area contributed by atoms with E-state index in [-0.39, 0.29) is 38.2 Å². The lowest BCUT2D eigenvalue weighted by atomic mass is 10.0. The maximum atomic E-state index is 13.0. The molecule has 0 saturated carbocycles. The van der Waals surface area contributed by atoms with Crippen LogP contribution in [0.2, 0.25) is 0 Å². The SMILES string of the molecule is CCCCCCCCCC/C=C\CCCCCCCCCCCCCCCCCCCCCCCCCCCCCC(=O)OC(COC(=O)CCCCCCCCCCCCCCCCCCCCCCCCCCCCCCCCCCCCCCCCC)COC(OCC[N+](C)(C)C)C(=O)O. The van der Waals surface area contributed by atoms with E-state index in [2.05, 4.69) is 26.0 Å². The monoisotopic (exact) mass is 1460 g/mol. The lowest BCUT2D eigenvalue weighted by molar-refractivity contribution is -0.870. The van der Waals surface area contributed by atoms with Crippen LogP contribution in [0.5, 0.6) is 0 Å². The first-order valence-electron chi connectivity index (χ1n) is 46.9. The van der Waals surface area contributed by atoms with E-state index >= 15 is 0 Å². The van der Waals surface area contributed by atoms with Crippen LogP contribution in [-0.2, 0) is 33.3 Å². The number of quaternary nitrogens is 1. The number of likely N-dealkylation sites (N-methyl/N-ethyl adjacent to an activating group) is 1. The minimum atomic E-state index is -1.51. The number of rotatable bonds is 90. The molecular formula is C94H184NO8+. The summed E-state index contributed by atoms with van der Waals surface area (Å²) in [6.07, 6.45) is 107. The van der Waals surface area contributed by atoms with Crippen molar-refractivity contribution < 1.29 is 42.9 Å². The van der Waals surface area contributed by atoms with Crippen LogP contribution in [0.25, 0.3) is 0 Å². The number of hydrogen-bond donors (Lipinski definition) is 1. The van der Waals surface area contributed by atoms with Gasteiger partial charge in [0, 0.05) is 12.8 Å². The minimum absolute atomic E-state index is 0.172. The Bertz CT molecular complexity index is 1700. The van der Waals surface area contributed by atoms with Crippen molar-refractivity contribution in [3.63, 3.8) is 0 Å². The number of carboxylic acids is 1. The Morgan fingerprint density at radius 1 is 0.282 bits per heavy atom. The molecule has 0 spiro atoms. The summed E-state index contributed by atoms with van der Waals surface area (Å²) in [5, 5.41) is 9.80. The van der Waals surface area contributed by atoms with Gasteiger partial charge in [-0.1, -0.05) is 475 Å². The zero-order valence-corrected chi connectivity index (χ0v) is 70.5. The van der Waals surface area contributed by atoms with Crippen LogP contribution in [0.15, 0.2) is 12.2 Å². The van der Waals surface area contributed by atoms with Gasteiger partial charge in [0.25, 0.3) is 6.29 Å². The van der Waals surface area contributed by atoms with Crippen LogP contribution in [0.4, 0.5) is 0 Å². The molecule has 0 bridgehead atoms. The van der Waals surface area contributed by atoms with Gasteiger partial charge in [-0.05, 0) is 38.5 Å². The number of allylic oxidation sites excluding steroid dienone is 2. The van der Waals surface area contributed by atoms with Crippen molar-refractivity contribution in [1.29, 1.82) is 0 Å². The molecule has 0 aliphatic rings. The van der Waals surface area contributed by atoms with Crippen molar-refractivity contribution >= 4 is 17.9 Å². The summed E-state index contributed by atoms with van der Waals surface area (Å²) in [7, 11) is 6.01. The maximum absolute atomic E-state index is 13.0. The molecule has 0 radical (unpaired) electrons. The third-order valence-electron chi connectivity index (χ3n) is 22.0. The summed E-state index contributed by atoms with van der Waals surface area (Å²) in [5.74, 6) is -1.96. The van der Waals surface area contributed by atoms with Crippen LogP contribution in [-0.4, -0.2) is 87.4 Å². The van der Waals surface area contributed by atoms with Gasteiger partial charge in [0.15, 0.2) is 6.10 Å². The van der Waals surface area contributed by atoms with Gasteiger partial charge in [0.1, 0.15) is 13.2 Å². The normalized spacial score (nSPS) is 12.5. The first-order valence-corrected chi connectivity index (χ1v) is 46.9. The smallest absolute Gasteiger partial charge is 0.361 e. The number of unbranched alkanes of at least 4 members (excludes halogenated alkanes) is 73. The van der Waals surface area contributed by atoms with Gasteiger partial charge in [-0.2, -0.15) is 0 Å². The van der Waals surface area contributed by atoms with Gasteiger partial charge in [0.05, 0.1) is 34.4 Å². The molecule has 0 aromatic carbocycles. The molecule has 0 aromatic rings. The maximum Gasteiger partial charge on any atom is 0.361 e. The van der Waals surface area contributed by atoms with Crippen molar-refractivity contribution in [2.24, 2.45) is 0 Å². The predicted molar refractivity (Wildman–Crippen MR) is 448 cm³/mol. The molecule has 9 heteroatoms. The average molecular weight is 1460 g/mol. The highest BCUT2D eigenvalue weighted by Gasteiger charge is 2.25. The van der Waals surface area contributed by atoms with Crippen LogP contribution in [0, 0.1) is 0 Å². The van der Waals surface area contributed by atoms with E-state index in [0.717, 1.165) is 38.5 Å². The molecule has 0 rings (SSSR count). The lowest BCUT2D eigenvalue weighted by Gasteiger charge is -2.25. The van der Waals surface area contributed by atoms with E-state index in [1.54, 1.807) is 0 Å². The minimum Gasteiger partial charge on any atom is -0.477 e. The highest BCUT2D eigenvalue weighted by Crippen LogP contribution is 2.22. The molecule has 103 heavy (non-hydrogen) atoms. The van der Waals surface area contributed by atoms with Crippen LogP contribution in [0.1, 0.15) is 515 Å². The molecule has 1 N–H and O–H groups in total. The van der Waals surface area contributed by atoms with Crippen molar-refractivity contribution in [1.82, 2.24) is 0 Å². The molecule has 0 heterocycles. The predicted octanol–water partition coefficient (Wildman–Crippen LogP) is 30.6. The van der Waals surface area contributed by atoms with Gasteiger partial charge >= 0.3 is 17.9 Å². The average Bonchev–Trinajstić information content (AvgIpc) is 0.985. The number of aliphatic carboxylic acids is 1. The largest absolute Gasteiger partial charge is 0.477 e. The molecule has 2 unspecified atom stereocenters. The quantitative estimate of drug-likeness (QED) is 0.0211. The molecule has 0 saturated heterocycles. The second-order valence-corrected chi connectivity index (χ2v) is 33.7. The van der Waals surface area contributed by atoms with E-state index in [0.29, 0.717) is 17.4 Å².